The van der Waals surface area contributed by atoms with Gasteiger partial charge in [0.25, 0.3) is 0 Å². The number of rotatable bonds is 3. The normalized spacial score (nSPS) is 10.4. The van der Waals surface area contributed by atoms with Crippen LogP contribution in [0.15, 0.2) is 41.8 Å². The predicted octanol–water partition coefficient (Wildman–Crippen LogP) is 2.80. The Hall–Kier alpha value is -1.12. The Labute approximate surface area is 88.2 Å². The highest BCUT2D eigenvalue weighted by Crippen LogP contribution is 2.17. The van der Waals surface area contributed by atoms with Crippen molar-refractivity contribution in [1.82, 2.24) is 0 Å². The molecule has 0 spiro atoms. The number of hydrogen-bond acceptors (Lipinski definition) is 2. The van der Waals surface area contributed by atoms with Crippen molar-refractivity contribution in [3.63, 3.8) is 0 Å². The summed E-state index contributed by atoms with van der Waals surface area (Å²) in [6, 6.07) is 12.6. The molecule has 0 aliphatic carbocycles. The van der Waals surface area contributed by atoms with Gasteiger partial charge in [-0.15, -0.1) is 11.3 Å². The molecule has 0 aliphatic heterocycles. The molecule has 0 unspecified atom stereocenters. The Morgan fingerprint density at radius 1 is 1.00 bits per heavy atom. The first-order chi connectivity index (χ1) is 6.90. The molecule has 1 heterocycles. The van der Waals surface area contributed by atoms with E-state index in [1.54, 1.807) is 11.3 Å². The summed E-state index contributed by atoms with van der Waals surface area (Å²) in [6.45, 7) is 0.627. The molecular weight excluding hydrogens is 190 g/mol. The number of thiophene rings is 1. The van der Waals surface area contributed by atoms with Gasteiger partial charge in [-0.2, -0.15) is 0 Å². The molecule has 2 aromatic rings. The molecule has 0 atom stereocenters. The first-order valence-electron chi connectivity index (χ1n) is 4.69. The zero-order valence-electron chi connectivity index (χ0n) is 7.94. The molecular formula is C12H13NS. The molecule has 0 saturated heterocycles. The average Bonchev–Trinajstić information content (AvgIpc) is 2.71. The van der Waals surface area contributed by atoms with Crippen molar-refractivity contribution in [3.8, 4) is 0 Å². The fraction of sp³-hybridized carbons (Fsp3) is 0.167. The maximum Gasteiger partial charge on any atom is 0.0180 e. The van der Waals surface area contributed by atoms with Crippen LogP contribution in [0.2, 0.25) is 0 Å². The Morgan fingerprint density at radius 2 is 1.79 bits per heavy atom. The van der Waals surface area contributed by atoms with Crippen LogP contribution in [0.4, 0.5) is 0 Å². The fourth-order valence-corrected chi connectivity index (χ4v) is 2.26. The summed E-state index contributed by atoms with van der Waals surface area (Å²) in [7, 11) is 0. The first-order valence-corrected chi connectivity index (χ1v) is 5.57. The Kier molecular flexibility index (Phi) is 2.96. The molecule has 0 saturated carbocycles. The van der Waals surface area contributed by atoms with Crippen LogP contribution in [0.3, 0.4) is 0 Å². The van der Waals surface area contributed by atoms with E-state index in [0.29, 0.717) is 6.54 Å². The highest BCUT2D eigenvalue weighted by atomic mass is 32.1. The summed E-state index contributed by atoms with van der Waals surface area (Å²) < 4.78 is 0. The van der Waals surface area contributed by atoms with Crippen molar-refractivity contribution >= 4 is 11.3 Å². The lowest BCUT2D eigenvalue weighted by Crippen LogP contribution is -2.01. The Balaban J connectivity index is 2.24. The van der Waals surface area contributed by atoms with Gasteiger partial charge < -0.3 is 5.73 Å². The van der Waals surface area contributed by atoms with Crippen LogP contribution in [0.25, 0.3) is 0 Å². The van der Waals surface area contributed by atoms with Crippen molar-refractivity contribution in [1.29, 1.82) is 0 Å². The molecule has 0 aliphatic rings. The minimum Gasteiger partial charge on any atom is -0.326 e. The van der Waals surface area contributed by atoms with E-state index in [0.717, 1.165) is 6.42 Å². The first kappa shape index (κ1) is 9.44. The summed E-state index contributed by atoms with van der Waals surface area (Å²) in [5.74, 6) is 0. The van der Waals surface area contributed by atoms with E-state index in [9.17, 15) is 0 Å². The van der Waals surface area contributed by atoms with Crippen LogP contribution >= 0.6 is 11.3 Å². The molecule has 1 nitrogen and oxygen atoms in total. The summed E-state index contributed by atoms with van der Waals surface area (Å²) in [5.41, 5.74) is 8.28. The summed E-state index contributed by atoms with van der Waals surface area (Å²) in [4.78, 5) is 1.39. The minimum absolute atomic E-state index is 0.627. The van der Waals surface area contributed by atoms with E-state index >= 15 is 0 Å². The van der Waals surface area contributed by atoms with E-state index in [2.05, 4.69) is 35.7 Å². The van der Waals surface area contributed by atoms with Gasteiger partial charge in [-0.3, -0.25) is 0 Å². The van der Waals surface area contributed by atoms with Crippen molar-refractivity contribution in [3.05, 3.63) is 57.8 Å². The molecule has 1 aromatic carbocycles. The van der Waals surface area contributed by atoms with Crippen molar-refractivity contribution < 1.29 is 0 Å². The Bertz CT molecular complexity index is 392. The van der Waals surface area contributed by atoms with E-state index in [1.165, 1.54) is 16.0 Å². The lowest BCUT2D eigenvalue weighted by Gasteiger charge is -2.05. The molecule has 0 bridgehead atoms. The monoisotopic (exact) mass is 203 g/mol. The summed E-state index contributed by atoms with van der Waals surface area (Å²) in [5, 5.41) is 2.11. The quantitative estimate of drug-likeness (QED) is 0.815. The molecule has 2 N–H and O–H groups in total. The van der Waals surface area contributed by atoms with Crippen LogP contribution in [0.5, 0.6) is 0 Å². The summed E-state index contributed by atoms with van der Waals surface area (Å²) >= 11 is 1.80. The van der Waals surface area contributed by atoms with Gasteiger partial charge in [0.2, 0.25) is 0 Å². The third kappa shape index (κ3) is 2.03. The lowest BCUT2D eigenvalue weighted by molar-refractivity contribution is 1.03. The van der Waals surface area contributed by atoms with Gasteiger partial charge in [-0.1, -0.05) is 30.3 Å². The van der Waals surface area contributed by atoms with Gasteiger partial charge in [0.15, 0.2) is 0 Å². The number of hydrogen-bond donors (Lipinski definition) is 1. The minimum atomic E-state index is 0.627. The summed E-state index contributed by atoms with van der Waals surface area (Å²) in [6.07, 6.45) is 1.00. The van der Waals surface area contributed by atoms with Crippen LogP contribution in [-0.2, 0) is 13.0 Å². The van der Waals surface area contributed by atoms with Crippen LogP contribution in [0, 0.1) is 0 Å². The largest absolute Gasteiger partial charge is 0.326 e. The highest BCUT2D eigenvalue weighted by molar-refractivity contribution is 7.09. The smallest absolute Gasteiger partial charge is 0.0180 e. The molecule has 14 heavy (non-hydrogen) atoms. The van der Waals surface area contributed by atoms with Gasteiger partial charge in [-0.25, -0.2) is 0 Å². The van der Waals surface area contributed by atoms with Gasteiger partial charge >= 0.3 is 0 Å². The second-order valence-electron chi connectivity index (χ2n) is 3.23. The topological polar surface area (TPSA) is 26.0 Å². The molecule has 0 fully saturated rings. The van der Waals surface area contributed by atoms with E-state index < -0.39 is 0 Å². The SMILES string of the molecule is NCc1ccccc1Cc1cccs1. The lowest BCUT2D eigenvalue weighted by atomic mass is 10.0. The maximum atomic E-state index is 5.68. The van der Waals surface area contributed by atoms with Crippen LogP contribution in [0.1, 0.15) is 16.0 Å². The predicted molar refractivity (Wildman–Crippen MR) is 61.5 cm³/mol. The molecule has 1 aromatic heterocycles. The molecule has 2 heteroatoms. The second kappa shape index (κ2) is 4.40. The van der Waals surface area contributed by atoms with Crippen molar-refractivity contribution in [2.45, 2.75) is 13.0 Å². The van der Waals surface area contributed by atoms with Gasteiger partial charge in [-0.05, 0) is 22.6 Å². The van der Waals surface area contributed by atoms with Crippen molar-refractivity contribution in [2.24, 2.45) is 5.73 Å². The molecule has 0 amide bonds. The molecule has 72 valence electrons. The second-order valence-corrected chi connectivity index (χ2v) is 4.26. The van der Waals surface area contributed by atoms with Gasteiger partial charge in [0, 0.05) is 17.8 Å². The Morgan fingerprint density at radius 3 is 2.43 bits per heavy atom. The molecule has 0 radical (unpaired) electrons. The highest BCUT2D eigenvalue weighted by Gasteiger charge is 2.01. The van der Waals surface area contributed by atoms with Crippen LogP contribution < -0.4 is 5.73 Å². The fourth-order valence-electron chi connectivity index (χ4n) is 1.53. The van der Waals surface area contributed by atoms with E-state index in [4.69, 9.17) is 5.73 Å². The average molecular weight is 203 g/mol. The molecule has 2 rings (SSSR count). The standard InChI is InChI=1S/C12H13NS/c13-9-11-5-2-1-4-10(11)8-12-6-3-7-14-12/h1-7H,8-9,13H2. The number of benzene rings is 1. The third-order valence-corrected chi connectivity index (χ3v) is 3.16. The van der Waals surface area contributed by atoms with Crippen LogP contribution in [-0.4, -0.2) is 0 Å². The number of nitrogens with two attached hydrogens (primary N) is 1. The van der Waals surface area contributed by atoms with Crippen molar-refractivity contribution in [2.75, 3.05) is 0 Å². The van der Waals surface area contributed by atoms with Gasteiger partial charge in [0.05, 0.1) is 0 Å². The van der Waals surface area contributed by atoms with E-state index in [-0.39, 0.29) is 0 Å². The zero-order chi connectivity index (χ0) is 9.80. The van der Waals surface area contributed by atoms with Gasteiger partial charge in [0.1, 0.15) is 0 Å². The third-order valence-electron chi connectivity index (χ3n) is 2.28. The maximum absolute atomic E-state index is 5.68. The zero-order valence-corrected chi connectivity index (χ0v) is 8.76. The van der Waals surface area contributed by atoms with E-state index in [1.807, 2.05) is 6.07 Å².